The second-order valence-corrected chi connectivity index (χ2v) is 6.36. The maximum atomic E-state index is 12.5. The minimum absolute atomic E-state index is 0.0388. The standard InChI is InChI=1S/C18H12ClF3N2O4/c1-24-16(26)11-4-2-9(6-12(11)17(24)27)15(25)23-13-7-10(19)3-5-14(13)28-8-18(20,21)22/h2-7H,8H2,1H3,(H,23,25). The van der Waals surface area contributed by atoms with Crippen LogP contribution >= 0.6 is 11.6 Å². The third kappa shape index (κ3) is 3.94. The second-order valence-electron chi connectivity index (χ2n) is 5.93. The molecule has 0 spiro atoms. The van der Waals surface area contributed by atoms with Gasteiger partial charge in [-0.1, -0.05) is 11.6 Å². The number of hydrogen-bond donors (Lipinski definition) is 1. The molecule has 0 saturated heterocycles. The molecule has 1 heterocycles. The molecule has 3 amide bonds. The number of hydrogen-bond acceptors (Lipinski definition) is 4. The Kier molecular flexibility index (Phi) is 5.03. The summed E-state index contributed by atoms with van der Waals surface area (Å²) in [6, 6.07) is 7.67. The number of benzene rings is 2. The van der Waals surface area contributed by atoms with Crippen LogP contribution in [0, 0.1) is 0 Å². The zero-order valence-corrected chi connectivity index (χ0v) is 15.0. The third-order valence-electron chi connectivity index (χ3n) is 3.93. The molecule has 0 atom stereocenters. The molecular weight excluding hydrogens is 401 g/mol. The lowest BCUT2D eigenvalue weighted by atomic mass is 10.1. The molecule has 0 aliphatic carbocycles. The summed E-state index contributed by atoms with van der Waals surface area (Å²) in [5, 5.41) is 2.58. The number of halogens is 4. The van der Waals surface area contributed by atoms with E-state index in [-0.39, 0.29) is 33.1 Å². The topological polar surface area (TPSA) is 75.7 Å². The van der Waals surface area contributed by atoms with Crippen molar-refractivity contribution in [2.45, 2.75) is 6.18 Å². The second kappa shape index (κ2) is 7.16. The van der Waals surface area contributed by atoms with Crippen LogP contribution in [0.15, 0.2) is 36.4 Å². The summed E-state index contributed by atoms with van der Waals surface area (Å²) < 4.78 is 41.9. The summed E-state index contributed by atoms with van der Waals surface area (Å²) in [5.41, 5.74) is 0.208. The van der Waals surface area contributed by atoms with Crippen LogP contribution in [0.25, 0.3) is 0 Å². The fourth-order valence-electron chi connectivity index (χ4n) is 2.58. The summed E-state index contributed by atoms with van der Waals surface area (Å²) in [6.07, 6.45) is -4.56. The van der Waals surface area contributed by atoms with Gasteiger partial charge < -0.3 is 10.1 Å². The van der Waals surface area contributed by atoms with Crippen molar-refractivity contribution >= 4 is 35.0 Å². The lowest BCUT2D eigenvalue weighted by Crippen LogP contribution is -2.24. The van der Waals surface area contributed by atoms with Crippen molar-refractivity contribution in [2.24, 2.45) is 0 Å². The van der Waals surface area contributed by atoms with Gasteiger partial charge >= 0.3 is 6.18 Å². The summed E-state index contributed by atoms with van der Waals surface area (Å²) in [7, 11) is 1.32. The van der Waals surface area contributed by atoms with Crippen LogP contribution in [0.3, 0.4) is 0 Å². The Bertz CT molecular complexity index is 991. The maximum absolute atomic E-state index is 12.5. The number of amides is 3. The van der Waals surface area contributed by atoms with E-state index in [1.54, 1.807) is 0 Å². The summed E-state index contributed by atoms with van der Waals surface area (Å²) >= 11 is 5.85. The first-order valence-corrected chi connectivity index (χ1v) is 8.21. The molecule has 1 N–H and O–H groups in total. The first-order chi connectivity index (χ1) is 13.1. The molecule has 6 nitrogen and oxygen atoms in total. The number of rotatable bonds is 4. The molecule has 1 aliphatic rings. The van der Waals surface area contributed by atoms with Crippen LogP contribution in [-0.2, 0) is 0 Å². The molecule has 1 aliphatic heterocycles. The Morgan fingerprint density at radius 3 is 2.46 bits per heavy atom. The number of fused-ring (bicyclic) bond motifs is 1. The molecule has 0 bridgehead atoms. The first-order valence-electron chi connectivity index (χ1n) is 7.84. The number of carbonyl (C=O) groups is 3. The highest BCUT2D eigenvalue weighted by Crippen LogP contribution is 2.30. The van der Waals surface area contributed by atoms with E-state index >= 15 is 0 Å². The molecule has 3 rings (SSSR count). The van der Waals surface area contributed by atoms with Gasteiger partial charge in [-0.15, -0.1) is 0 Å². The third-order valence-corrected chi connectivity index (χ3v) is 4.17. The molecule has 2 aromatic rings. The molecule has 10 heteroatoms. The number of ether oxygens (including phenoxy) is 1. The molecule has 0 fully saturated rings. The number of carbonyl (C=O) groups excluding carboxylic acids is 3. The van der Waals surface area contributed by atoms with E-state index < -0.39 is 30.5 Å². The van der Waals surface area contributed by atoms with Gasteiger partial charge in [-0.05, 0) is 36.4 Å². The predicted octanol–water partition coefficient (Wildman–Crippen LogP) is 3.76. The molecule has 146 valence electrons. The van der Waals surface area contributed by atoms with E-state index in [9.17, 15) is 27.6 Å². The normalized spacial score (nSPS) is 13.5. The van der Waals surface area contributed by atoms with E-state index in [1.165, 1.54) is 43.4 Å². The van der Waals surface area contributed by atoms with E-state index in [4.69, 9.17) is 16.3 Å². The monoisotopic (exact) mass is 412 g/mol. The Balaban J connectivity index is 1.85. The average Bonchev–Trinajstić information content (AvgIpc) is 2.84. The van der Waals surface area contributed by atoms with Gasteiger partial charge in [0.15, 0.2) is 6.61 Å². The van der Waals surface area contributed by atoms with Crippen molar-refractivity contribution in [1.82, 2.24) is 4.90 Å². The summed E-state index contributed by atoms with van der Waals surface area (Å²) in [5.74, 6) is -1.96. The lowest BCUT2D eigenvalue weighted by molar-refractivity contribution is -0.153. The predicted molar refractivity (Wildman–Crippen MR) is 93.8 cm³/mol. The van der Waals surface area contributed by atoms with Gasteiger partial charge in [-0.3, -0.25) is 19.3 Å². The highest BCUT2D eigenvalue weighted by Gasteiger charge is 2.33. The van der Waals surface area contributed by atoms with Gasteiger partial charge in [0.05, 0.1) is 16.8 Å². The smallest absolute Gasteiger partial charge is 0.422 e. The molecular formula is C18H12ClF3N2O4. The first kappa shape index (κ1) is 19.7. The van der Waals surface area contributed by atoms with Crippen molar-refractivity contribution in [3.8, 4) is 5.75 Å². The Labute approximate surface area is 161 Å². The van der Waals surface area contributed by atoms with Crippen LogP contribution < -0.4 is 10.1 Å². The van der Waals surface area contributed by atoms with Gasteiger partial charge in [-0.25, -0.2) is 0 Å². The minimum Gasteiger partial charge on any atom is -0.482 e. The number of nitrogens with zero attached hydrogens (tertiary/aromatic N) is 1. The highest BCUT2D eigenvalue weighted by atomic mass is 35.5. The highest BCUT2D eigenvalue weighted by molar-refractivity contribution is 6.31. The van der Waals surface area contributed by atoms with Crippen LogP contribution in [0.1, 0.15) is 31.1 Å². The molecule has 0 aromatic heterocycles. The number of imide groups is 1. The molecule has 0 saturated carbocycles. The van der Waals surface area contributed by atoms with Crippen LogP contribution in [0.2, 0.25) is 5.02 Å². The van der Waals surface area contributed by atoms with Crippen LogP contribution in [0.4, 0.5) is 18.9 Å². The van der Waals surface area contributed by atoms with Crippen LogP contribution in [-0.4, -0.2) is 42.5 Å². The molecule has 0 radical (unpaired) electrons. The maximum Gasteiger partial charge on any atom is 0.422 e. The van der Waals surface area contributed by atoms with Crippen molar-refractivity contribution in [1.29, 1.82) is 0 Å². The fraction of sp³-hybridized carbons (Fsp3) is 0.167. The molecule has 2 aromatic carbocycles. The van der Waals surface area contributed by atoms with Gasteiger partial charge in [0.2, 0.25) is 0 Å². The SMILES string of the molecule is CN1C(=O)c2ccc(C(=O)Nc3cc(Cl)ccc3OCC(F)(F)F)cc2C1=O. The quantitative estimate of drug-likeness (QED) is 0.776. The van der Waals surface area contributed by atoms with Crippen molar-refractivity contribution in [3.63, 3.8) is 0 Å². The number of nitrogens with one attached hydrogen (secondary N) is 1. The minimum atomic E-state index is -4.56. The Morgan fingerprint density at radius 1 is 1.11 bits per heavy atom. The zero-order valence-electron chi connectivity index (χ0n) is 14.3. The van der Waals surface area contributed by atoms with Crippen molar-refractivity contribution in [2.75, 3.05) is 19.0 Å². The van der Waals surface area contributed by atoms with E-state index in [0.29, 0.717) is 0 Å². The van der Waals surface area contributed by atoms with E-state index in [2.05, 4.69) is 5.32 Å². The molecule has 0 unspecified atom stereocenters. The van der Waals surface area contributed by atoms with Gasteiger partial charge in [0.25, 0.3) is 17.7 Å². The largest absolute Gasteiger partial charge is 0.482 e. The van der Waals surface area contributed by atoms with Gasteiger partial charge in [0.1, 0.15) is 5.75 Å². The zero-order chi connectivity index (χ0) is 20.6. The van der Waals surface area contributed by atoms with Gasteiger partial charge in [0, 0.05) is 17.6 Å². The Hall–Kier alpha value is -3.07. The fourth-order valence-corrected chi connectivity index (χ4v) is 2.75. The average molecular weight is 413 g/mol. The van der Waals surface area contributed by atoms with Crippen LogP contribution in [0.5, 0.6) is 5.75 Å². The summed E-state index contributed by atoms with van der Waals surface area (Å²) in [6.45, 7) is -1.54. The van der Waals surface area contributed by atoms with E-state index in [0.717, 1.165) is 4.90 Å². The Morgan fingerprint density at radius 2 is 1.79 bits per heavy atom. The summed E-state index contributed by atoms with van der Waals surface area (Å²) in [4.78, 5) is 37.4. The number of alkyl halides is 3. The van der Waals surface area contributed by atoms with Crippen molar-refractivity contribution < 1.29 is 32.3 Å². The number of anilines is 1. The van der Waals surface area contributed by atoms with Crippen molar-refractivity contribution in [3.05, 3.63) is 58.1 Å². The lowest BCUT2D eigenvalue weighted by Gasteiger charge is -2.14. The van der Waals surface area contributed by atoms with E-state index in [1.807, 2.05) is 0 Å². The van der Waals surface area contributed by atoms with Gasteiger partial charge in [-0.2, -0.15) is 13.2 Å². The molecule has 28 heavy (non-hydrogen) atoms.